The molecule has 1 aromatic heterocycles. The van der Waals surface area contributed by atoms with Crippen LogP contribution in [0.1, 0.15) is 35.2 Å². The Hall–Kier alpha value is -3.09. The molecule has 0 spiro atoms. The van der Waals surface area contributed by atoms with Gasteiger partial charge in [-0.25, -0.2) is 4.79 Å². The van der Waals surface area contributed by atoms with Gasteiger partial charge in [-0.15, -0.1) is 0 Å². The number of hydrogen-bond donors (Lipinski definition) is 1. The molecule has 0 saturated carbocycles. The standard InChI is InChI=1S/C19H20N2O5/c1-2-24-19(23)16-9-8-15(25-16)12-20-18(22)17-11-14(21-26-17)10-13-6-4-3-5-7-13/h3-9,17H,2,10-12H2,1H3,(H,20,22). The van der Waals surface area contributed by atoms with Crippen molar-refractivity contribution in [2.45, 2.75) is 32.4 Å². The molecule has 1 aliphatic heterocycles. The van der Waals surface area contributed by atoms with Crippen molar-refractivity contribution < 1.29 is 23.6 Å². The van der Waals surface area contributed by atoms with E-state index in [2.05, 4.69) is 10.5 Å². The Bertz CT molecular complexity index is 797. The molecule has 0 fully saturated rings. The predicted molar refractivity (Wildman–Crippen MR) is 93.6 cm³/mol. The molecule has 2 heterocycles. The molecule has 3 rings (SSSR count). The van der Waals surface area contributed by atoms with Crippen LogP contribution >= 0.6 is 0 Å². The third-order valence-corrected chi connectivity index (χ3v) is 3.85. The molecule has 1 atom stereocenters. The number of ether oxygens (including phenoxy) is 1. The van der Waals surface area contributed by atoms with Gasteiger partial charge in [-0.1, -0.05) is 35.5 Å². The van der Waals surface area contributed by atoms with Crippen LogP contribution in [0, 0.1) is 0 Å². The van der Waals surface area contributed by atoms with Crippen LogP contribution in [0.5, 0.6) is 0 Å². The van der Waals surface area contributed by atoms with Gasteiger partial charge in [0.25, 0.3) is 5.91 Å². The van der Waals surface area contributed by atoms with Gasteiger partial charge < -0.3 is 19.3 Å². The molecule has 1 amide bonds. The average Bonchev–Trinajstić information content (AvgIpc) is 3.30. The van der Waals surface area contributed by atoms with Crippen LogP contribution in [0.4, 0.5) is 0 Å². The fourth-order valence-corrected chi connectivity index (χ4v) is 2.58. The molecule has 1 unspecified atom stereocenters. The quantitative estimate of drug-likeness (QED) is 0.770. The van der Waals surface area contributed by atoms with E-state index in [0.29, 0.717) is 18.6 Å². The van der Waals surface area contributed by atoms with E-state index in [4.69, 9.17) is 14.0 Å². The van der Waals surface area contributed by atoms with Crippen molar-refractivity contribution in [3.05, 3.63) is 59.5 Å². The molecular formula is C19H20N2O5. The highest BCUT2D eigenvalue weighted by molar-refractivity contribution is 5.93. The summed E-state index contributed by atoms with van der Waals surface area (Å²) in [6, 6.07) is 13.0. The Morgan fingerprint density at radius 3 is 2.81 bits per heavy atom. The molecule has 136 valence electrons. The zero-order chi connectivity index (χ0) is 18.4. The van der Waals surface area contributed by atoms with E-state index in [9.17, 15) is 9.59 Å². The van der Waals surface area contributed by atoms with Gasteiger partial charge in [-0.3, -0.25) is 4.79 Å². The number of carbonyl (C=O) groups excluding carboxylic acids is 2. The zero-order valence-electron chi connectivity index (χ0n) is 14.4. The topological polar surface area (TPSA) is 90.1 Å². The highest BCUT2D eigenvalue weighted by Gasteiger charge is 2.28. The number of benzene rings is 1. The fraction of sp³-hybridized carbons (Fsp3) is 0.316. The van der Waals surface area contributed by atoms with Gasteiger partial charge in [0.1, 0.15) is 5.76 Å². The summed E-state index contributed by atoms with van der Waals surface area (Å²) in [6.07, 6.45) is 0.465. The predicted octanol–water partition coefficient (Wildman–Crippen LogP) is 2.46. The molecule has 1 aromatic carbocycles. The maximum Gasteiger partial charge on any atom is 0.374 e. The second kappa shape index (κ2) is 8.33. The average molecular weight is 356 g/mol. The summed E-state index contributed by atoms with van der Waals surface area (Å²) in [5, 5.41) is 6.73. The first kappa shape index (κ1) is 17.7. The van der Waals surface area contributed by atoms with Crippen LogP contribution in [0.15, 0.2) is 52.0 Å². The van der Waals surface area contributed by atoms with E-state index in [1.807, 2.05) is 30.3 Å². The Balaban J connectivity index is 1.45. The molecule has 0 radical (unpaired) electrons. The van der Waals surface area contributed by atoms with Crippen LogP contribution in [-0.2, 0) is 27.3 Å². The van der Waals surface area contributed by atoms with E-state index in [1.54, 1.807) is 13.0 Å². The maximum atomic E-state index is 12.2. The van der Waals surface area contributed by atoms with Crippen LogP contribution in [0.2, 0.25) is 0 Å². The number of nitrogens with zero attached hydrogens (tertiary/aromatic N) is 1. The number of nitrogens with one attached hydrogen (secondary N) is 1. The van der Waals surface area contributed by atoms with Crippen molar-refractivity contribution in [3.8, 4) is 0 Å². The monoisotopic (exact) mass is 356 g/mol. The third kappa shape index (κ3) is 4.50. The van der Waals surface area contributed by atoms with E-state index in [0.717, 1.165) is 11.3 Å². The van der Waals surface area contributed by atoms with Crippen molar-refractivity contribution in [3.63, 3.8) is 0 Å². The lowest BCUT2D eigenvalue weighted by atomic mass is 10.0. The summed E-state index contributed by atoms with van der Waals surface area (Å²) in [7, 11) is 0. The largest absolute Gasteiger partial charge is 0.460 e. The van der Waals surface area contributed by atoms with Crippen molar-refractivity contribution in [1.82, 2.24) is 5.32 Å². The highest BCUT2D eigenvalue weighted by Crippen LogP contribution is 2.15. The molecule has 0 saturated heterocycles. The second-order valence-electron chi connectivity index (χ2n) is 5.82. The molecule has 0 bridgehead atoms. The van der Waals surface area contributed by atoms with Gasteiger partial charge >= 0.3 is 5.97 Å². The van der Waals surface area contributed by atoms with Crippen molar-refractivity contribution in [2.24, 2.45) is 5.16 Å². The summed E-state index contributed by atoms with van der Waals surface area (Å²) in [6.45, 7) is 2.15. The zero-order valence-corrected chi connectivity index (χ0v) is 14.4. The van der Waals surface area contributed by atoms with Crippen LogP contribution in [-0.4, -0.2) is 30.3 Å². The van der Waals surface area contributed by atoms with Gasteiger partial charge in [-0.2, -0.15) is 0 Å². The number of carbonyl (C=O) groups is 2. The van der Waals surface area contributed by atoms with E-state index < -0.39 is 12.1 Å². The number of hydrogen-bond acceptors (Lipinski definition) is 6. The summed E-state index contributed by atoms with van der Waals surface area (Å²) in [5.41, 5.74) is 1.96. The Kier molecular flexibility index (Phi) is 5.68. The molecular weight excluding hydrogens is 336 g/mol. The van der Waals surface area contributed by atoms with Gasteiger partial charge in [0, 0.05) is 12.8 Å². The number of esters is 1. The number of amides is 1. The van der Waals surface area contributed by atoms with Crippen molar-refractivity contribution in [2.75, 3.05) is 6.61 Å². The van der Waals surface area contributed by atoms with Crippen LogP contribution < -0.4 is 5.32 Å². The molecule has 7 nitrogen and oxygen atoms in total. The number of furan rings is 1. The highest BCUT2D eigenvalue weighted by atomic mass is 16.6. The molecule has 26 heavy (non-hydrogen) atoms. The van der Waals surface area contributed by atoms with Gasteiger partial charge in [0.15, 0.2) is 0 Å². The molecule has 1 aliphatic rings. The third-order valence-electron chi connectivity index (χ3n) is 3.85. The molecule has 7 heteroatoms. The fourth-order valence-electron chi connectivity index (χ4n) is 2.58. The van der Waals surface area contributed by atoms with E-state index in [-0.39, 0.29) is 24.8 Å². The maximum absolute atomic E-state index is 12.2. The minimum atomic E-state index is -0.645. The summed E-state index contributed by atoms with van der Waals surface area (Å²) >= 11 is 0. The Labute approximate surface area is 151 Å². The van der Waals surface area contributed by atoms with Crippen molar-refractivity contribution >= 4 is 17.6 Å². The summed E-state index contributed by atoms with van der Waals surface area (Å²) in [4.78, 5) is 29.0. The smallest absolute Gasteiger partial charge is 0.374 e. The number of oxime groups is 1. The molecule has 1 N–H and O–H groups in total. The van der Waals surface area contributed by atoms with E-state index >= 15 is 0 Å². The van der Waals surface area contributed by atoms with Gasteiger partial charge in [0.05, 0.1) is 18.9 Å². The normalized spacial score (nSPS) is 15.9. The molecule has 2 aromatic rings. The van der Waals surface area contributed by atoms with Gasteiger partial charge in [-0.05, 0) is 24.6 Å². The lowest BCUT2D eigenvalue weighted by Gasteiger charge is -2.08. The van der Waals surface area contributed by atoms with Gasteiger partial charge in [0.2, 0.25) is 11.9 Å². The first-order chi connectivity index (χ1) is 12.7. The lowest BCUT2D eigenvalue weighted by molar-refractivity contribution is -0.131. The first-order valence-electron chi connectivity index (χ1n) is 8.44. The lowest BCUT2D eigenvalue weighted by Crippen LogP contribution is -2.34. The minimum absolute atomic E-state index is 0.113. The van der Waals surface area contributed by atoms with Crippen molar-refractivity contribution in [1.29, 1.82) is 0 Å². The van der Waals surface area contributed by atoms with E-state index in [1.165, 1.54) is 6.07 Å². The second-order valence-corrected chi connectivity index (χ2v) is 5.82. The SMILES string of the molecule is CCOC(=O)c1ccc(CNC(=O)C2CC(Cc3ccccc3)=NO2)o1. The minimum Gasteiger partial charge on any atom is -0.460 e. The number of rotatable bonds is 7. The summed E-state index contributed by atoms with van der Waals surface area (Å²) < 4.78 is 10.2. The summed E-state index contributed by atoms with van der Waals surface area (Å²) in [5.74, 6) is -0.222. The molecule has 0 aliphatic carbocycles. The first-order valence-corrected chi connectivity index (χ1v) is 8.44. The van der Waals surface area contributed by atoms with Crippen LogP contribution in [0.3, 0.4) is 0 Å². The van der Waals surface area contributed by atoms with Crippen LogP contribution in [0.25, 0.3) is 0 Å². The Morgan fingerprint density at radius 2 is 2.04 bits per heavy atom. The Morgan fingerprint density at radius 1 is 1.23 bits per heavy atom.